The summed E-state index contributed by atoms with van der Waals surface area (Å²) in [5.74, 6) is 6.50. The average molecular weight is 422 g/mol. The topological polar surface area (TPSA) is 77.0 Å². The van der Waals surface area contributed by atoms with Gasteiger partial charge in [0.25, 0.3) is 0 Å². The summed E-state index contributed by atoms with van der Waals surface area (Å²) in [6, 6.07) is 14.5. The Labute approximate surface area is 171 Å². The lowest BCUT2D eigenvalue weighted by Gasteiger charge is -2.20. The second-order valence-corrected chi connectivity index (χ2v) is 7.86. The van der Waals surface area contributed by atoms with Crippen LogP contribution in [0.1, 0.15) is 10.8 Å². The Morgan fingerprint density at radius 3 is 2.52 bits per heavy atom. The summed E-state index contributed by atoms with van der Waals surface area (Å²) in [5, 5.41) is 9.14. The van der Waals surface area contributed by atoms with Gasteiger partial charge >= 0.3 is 0 Å². The minimum Gasteiger partial charge on any atom is -0.348 e. The molecular formula is C18H17Cl2N5OS. The first-order chi connectivity index (χ1) is 12.9. The number of halogens is 2. The van der Waals surface area contributed by atoms with E-state index in [1.807, 2.05) is 30.3 Å². The van der Waals surface area contributed by atoms with Gasteiger partial charge in [0.2, 0.25) is 11.1 Å². The Morgan fingerprint density at radius 2 is 1.85 bits per heavy atom. The van der Waals surface area contributed by atoms with Crippen molar-refractivity contribution in [3.05, 3.63) is 64.1 Å². The lowest BCUT2D eigenvalue weighted by Crippen LogP contribution is -2.27. The molecule has 2 aromatic carbocycles. The molecule has 2 N–H and O–H groups in total. The van der Waals surface area contributed by atoms with Crippen LogP contribution in [0.5, 0.6) is 0 Å². The summed E-state index contributed by atoms with van der Waals surface area (Å²) in [7, 11) is 3.42. The van der Waals surface area contributed by atoms with Crippen LogP contribution in [0.2, 0.25) is 10.0 Å². The van der Waals surface area contributed by atoms with Gasteiger partial charge in [-0.05, 0) is 23.8 Å². The fourth-order valence-electron chi connectivity index (χ4n) is 2.44. The molecule has 1 atom stereocenters. The minimum atomic E-state index is -0.504. The fraction of sp³-hybridized carbons (Fsp3) is 0.167. The van der Waals surface area contributed by atoms with Gasteiger partial charge in [-0.3, -0.25) is 4.79 Å². The highest BCUT2D eigenvalue weighted by molar-refractivity contribution is 8.00. The molecule has 1 heterocycles. The molecule has 0 aliphatic carbocycles. The molecule has 0 saturated heterocycles. The van der Waals surface area contributed by atoms with E-state index in [9.17, 15) is 4.79 Å². The Morgan fingerprint density at radius 1 is 1.15 bits per heavy atom. The molecule has 27 heavy (non-hydrogen) atoms. The van der Waals surface area contributed by atoms with Crippen LogP contribution in [-0.4, -0.2) is 39.8 Å². The number of amides is 1. The summed E-state index contributed by atoms with van der Waals surface area (Å²) >= 11 is 13.5. The summed E-state index contributed by atoms with van der Waals surface area (Å²) < 4.78 is 1.32. The van der Waals surface area contributed by atoms with Crippen LogP contribution in [0.4, 0.5) is 0 Å². The van der Waals surface area contributed by atoms with Crippen molar-refractivity contribution in [2.45, 2.75) is 10.4 Å². The second-order valence-electron chi connectivity index (χ2n) is 5.94. The number of thioether (sulfide) groups is 1. The third kappa shape index (κ3) is 4.21. The zero-order valence-electron chi connectivity index (χ0n) is 14.6. The van der Waals surface area contributed by atoms with Gasteiger partial charge in [0, 0.05) is 24.7 Å². The summed E-state index contributed by atoms with van der Waals surface area (Å²) in [5.41, 5.74) is 1.42. The number of hydrogen-bond acceptors (Lipinski definition) is 5. The lowest BCUT2D eigenvalue weighted by atomic mass is 10.1. The summed E-state index contributed by atoms with van der Waals surface area (Å²) in [6.07, 6.45) is 0. The van der Waals surface area contributed by atoms with E-state index < -0.39 is 5.25 Å². The number of nitrogens with two attached hydrogens (primary N) is 1. The maximum atomic E-state index is 12.7. The molecule has 9 heteroatoms. The van der Waals surface area contributed by atoms with Crippen molar-refractivity contribution in [3.63, 3.8) is 0 Å². The number of likely N-dealkylation sites (N-methyl/N-ethyl adjacent to an activating group) is 1. The SMILES string of the molecule is CN(C)C(=O)[C@@H](Sc1nnc(-c2cc(Cl)ccc2Cl)n1N)c1ccccc1. The molecule has 6 nitrogen and oxygen atoms in total. The van der Waals surface area contributed by atoms with Gasteiger partial charge in [0.15, 0.2) is 5.82 Å². The molecule has 0 spiro atoms. The number of rotatable bonds is 5. The molecule has 3 rings (SSSR count). The van der Waals surface area contributed by atoms with E-state index >= 15 is 0 Å². The number of nitrogens with zero attached hydrogens (tertiary/aromatic N) is 4. The second kappa shape index (κ2) is 8.21. The molecule has 0 aliphatic rings. The zero-order valence-corrected chi connectivity index (χ0v) is 17.0. The Bertz CT molecular complexity index is 962. The molecule has 0 radical (unpaired) electrons. The van der Waals surface area contributed by atoms with Crippen molar-refractivity contribution in [2.24, 2.45) is 0 Å². The van der Waals surface area contributed by atoms with Gasteiger partial charge in [-0.2, -0.15) is 0 Å². The first-order valence-electron chi connectivity index (χ1n) is 7.97. The highest BCUT2D eigenvalue weighted by Crippen LogP contribution is 2.37. The van der Waals surface area contributed by atoms with Crippen molar-refractivity contribution in [1.29, 1.82) is 0 Å². The van der Waals surface area contributed by atoms with Crippen molar-refractivity contribution in [2.75, 3.05) is 19.9 Å². The van der Waals surface area contributed by atoms with Gasteiger partial charge < -0.3 is 10.7 Å². The highest BCUT2D eigenvalue weighted by atomic mass is 35.5. The van der Waals surface area contributed by atoms with Gasteiger partial charge in [-0.1, -0.05) is 65.3 Å². The third-order valence-corrected chi connectivity index (χ3v) is 5.59. The predicted molar refractivity (Wildman–Crippen MR) is 109 cm³/mol. The number of hydrogen-bond donors (Lipinski definition) is 1. The number of nitrogen functional groups attached to an aromatic ring is 1. The van der Waals surface area contributed by atoms with E-state index in [4.69, 9.17) is 29.0 Å². The summed E-state index contributed by atoms with van der Waals surface area (Å²) in [6.45, 7) is 0. The zero-order chi connectivity index (χ0) is 19.6. The number of benzene rings is 2. The van der Waals surface area contributed by atoms with E-state index in [1.165, 1.54) is 21.3 Å². The van der Waals surface area contributed by atoms with Crippen molar-refractivity contribution in [1.82, 2.24) is 19.8 Å². The first kappa shape index (κ1) is 19.5. The fourth-order valence-corrected chi connectivity index (χ4v) is 3.92. The summed E-state index contributed by atoms with van der Waals surface area (Å²) in [4.78, 5) is 14.2. The lowest BCUT2D eigenvalue weighted by molar-refractivity contribution is -0.128. The largest absolute Gasteiger partial charge is 0.348 e. The standard InChI is InChI=1S/C18H17Cl2N5OS/c1-24(2)17(26)15(11-6-4-3-5-7-11)27-18-23-22-16(25(18)21)13-10-12(19)8-9-14(13)20/h3-10,15H,21H2,1-2H3/t15-/m0/s1. The van der Waals surface area contributed by atoms with Gasteiger partial charge in [0.05, 0.1) is 5.02 Å². The molecule has 0 bridgehead atoms. The average Bonchev–Trinajstić information content (AvgIpc) is 3.02. The predicted octanol–water partition coefficient (Wildman–Crippen LogP) is 3.89. The number of carbonyl (C=O) groups is 1. The molecule has 1 aromatic heterocycles. The highest BCUT2D eigenvalue weighted by Gasteiger charge is 2.27. The van der Waals surface area contributed by atoms with Crippen molar-refractivity contribution < 1.29 is 4.79 Å². The Kier molecular flexibility index (Phi) is 5.94. The van der Waals surface area contributed by atoms with Crippen LogP contribution in [0.25, 0.3) is 11.4 Å². The number of aromatic nitrogens is 3. The quantitative estimate of drug-likeness (QED) is 0.499. The maximum Gasteiger partial charge on any atom is 0.240 e. The third-order valence-electron chi connectivity index (χ3n) is 3.82. The van der Waals surface area contributed by atoms with Crippen LogP contribution in [0.3, 0.4) is 0 Å². The van der Waals surface area contributed by atoms with Crippen LogP contribution in [-0.2, 0) is 4.79 Å². The van der Waals surface area contributed by atoms with Crippen LogP contribution < -0.4 is 5.84 Å². The van der Waals surface area contributed by atoms with Gasteiger partial charge in [-0.25, -0.2) is 4.68 Å². The normalized spacial score (nSPS) is 12.0. The smallest absolute Gasteiger partial charge is 0.240 e. The van der Waals surface area contributed by atoms with E-state index in [0.717, 1.165) is 5.56 Å². The number of carbonyl (C=O) groups excluding carboxylic acids is 1. The van der Waals surface area contributed by atoms with E-state index in [0.29, 0.717) is 26.6 Å². The first-order valence-corrected chi connectivity index (χ1v) is 9.60. The van der Waals surface area contributed by atoms with Crippen LogP contribution in [0.15, 0.2) is 53.7 Å². The molecule has 0 unspecified atom stereocenters. The monoisotopic (exact) mass is 421 g/mol. The van der Waals surface area contributed by atoms with E-state index in [1.54, 1.807) is 32.3 Å². The molecule has 1 amide bonds. The van der Waals surface area contributed by atoms with Gasteiger partial charge in [-0.15, -0.1) is 10.2 Å². The van der Waals surface area contributed by atoms with Gasteiger partial charge in [0.1, 0.15) is 5.25 Å². The Hall–Kier alpha value is -2.22. The molecule has 0 aliphatic heterocycles. The Balaban J connectivity index is 1.97. The molecule has 3 aromatic rings. The van der Waals surface area contributed by atoms with E-state index in [2.05, 4.69) is 10.2 Å². The molecular weight excluding hydrogens is 405 g/mol. The molecule has 0 fully saturated rings. The minimum absolute atomic E-state index is 0.0727. The molecule has 140 valence electrons. The van der Waals surface area contributed by atoms with Crippen LogP contribution in [0, 0.1) is 0 Å². The van der Waals surface area contributed by atoms with Crippen molar-refractivity contribution >= 4 is 40.9 Å². The van der Waals surface area contributed by atoms with E-state index in [-0.39, 0.29) is 5.91 Å². The van der Waals surface area contributed by atoms with Crippen LogP contribution >= 0.6 is 35.0 Å². The van der Waals surface area contributed by atoms with Crippen molar-refractivity contribution in [3.8, 4) is 11.4 Å². The maximum absolute atomic E-state index is 12.7. The molecule has 0 saturated carbocycles.